The summed E-state index contributed by atoms with van der Waals surface area (Å²) in [6, 6.07) is 10.2. The van der Waals surface area contributed by atoms with Crippen LogP contribution in [0.25, 0.3) is 0 Å². The highest BCUT2D eigenvalue weighted by atomic mass is 16.3. The zero-order valence-corrected chi connectivity index (χ0v) is 15.1. The molecule has 0 aliphatic carbocycles. The molecule has 2 N–H and O–H groups in total. The van der Waals surface area contributed by atoms with Gasteiger partial charge in [0, 0.05) is 38.7 Å². The van der Waals surface area contributed by atoms with Crippen LogP contribution in [0.3, 0.4) is 0 Å². The Bertz CT molecular complexity index is 531. The number of amides is 2. The molecule has 2 atom stereocenters. The minimum absolute atomic E-state index is 0.0144. The van der Waals surface area contributed by atoms with E-state index in [1.54, 1.807) is 0 Å². The molecule has 2 aliphatic rings. The molecule has 138 valence electrons. The van der Waals surface area contributed by atoms with Gasteiger partial charge in [0.1, 0.15) is 0 Å². The average Bonchev–Trinajstić information content (AvgIpc) is 3.15. The third kappa shape index (κ3) is 5.44. The number of piperidine rings is 1. The van der Waals surface area contributed by atoms with Crippen LogP contribution in [-0.2, 0) is 6.42 Å². The van der Waals surface area contributed by atoms with Crippen LogP contribution in [0.2, 0.25) is 0 Å². The van der Waals surface area contributed by atoms with Crippen molar-refractivity contribution in [3.63, 3.8) is 0 Å². The van der Waals surface area contributed by atoms with Gasteiger partial charge in [-0.05, 0) is 50.3 Å². The number of carbonyl (C=O) groups excluding carboxylic acids is 1. The fourth-order valence-electron chi connectivity index (χ4n) is 4.15. The van der Waals surface area contributed by atoms with E-state index in [2.05, 4.69) is 22.3 Å². The SMILES string of the molecule is O=C(NCCc1ccccc1)N1C[C@H](CO)C[C@@H](CN2CCCC2)C1. The lowest BCUT2D eigenvalue weighted by atomic mass is 9.89. The third-order valence-electron chi connectivity index (χ3n) is 5.42. The second-order valence-electron chi connectivity index (χ2n) is 7.53. The summed E-state index contributed by atoms with van der Waals surface area (Å²) in [6.07, 6.45) is 4.46. The molecule has 3 rings (SSSR count). The molecule has 2 amide bonds. The Balaban J connectivity index is 1.47. The molecule has 0 bridgehead atoms. The highest BCUT2D eigenvalue weighted by molar-refractivity contribution is 5.74. The highest BCUT2D eigenvalue weighted by Gasteiger charge is 2.31. The first-order valence-corrected chi connectivity index (χ1v) is 9.64. The second kappa shape index (κ2) is 9.20. The molecule has 2 aliphatic heterocycles. The number of aliphatic hydroxyl groups excluding tert-OH is 1. The zero-order chi connectivity index (χ0) is 17.5. The van der Waals surface area contributed by atoms with Crippen molar-refractivity contribution in [1.82, 2.24) is 15.1 Å². The number of hydrogen-bond acceptors (Lipinski definition) is 3. The monoisotopic (exact) mass is 345 g/mol. The van der Waals surface area contributed by atoms with Crippen LogP contribution >= 0.6 is 0 Å². The molecular formula is C20H31N3O2. The summed E-state index contributed by atoms with van der Waals surface area (Å²) in [7, 11) is 0. The summed E-state index contributed by atoms with van der Waals surface area (Å²) in [5.41, 5.74) is 1.24. The van der Waals surface area contributed by atoms with Crippen molar-refractivity contribution in [3.05, 3.63) is 35.9 Å². The summed E-state index contributed by atoms with van der Waals surface area (Å²) in [4.78, 5) is 17.0. The molecule has 0 aromatic heterocycles. The van der Waals surface area contributed by atoms with E-state index >= 15 is 0 Å². The zero-order valence-electron chi connectivity index (χ0n) is 15.1. The van der Waals surface area contributed by atoms with Gasteiger partial charge in [0.15, 0.2) is 0 Å². The summed E-state index contributed by atoms with van der Waals surface area (Å²) in [5, 5.41) is 12.7. The van der Waals surface area contributed by atoms with Gasteiger partial charge in [-0.1, -0.05) is 30.3 Å². The van der Waals surface area contributed by atoms with Crippen molar-refractivity contribution >= 4 is 6.03 Å². The van der Waals surface area contributed by atoms with E-state index in [-0.39, 0.29) is 18.6 Å². The Kier molecular flexibility index (Phi) is 6.70. The lowest BCUT2D eigenvalue weighted by molar-refractivity contribution is 0.0857. The van der Waals surface area contributed by atoms with Gasteiger partial charge in [-0.15, -0.1) is 0 Å². The normalized spacial score (nSPS) is 24.4. The van der Waals surface area contributed by atoms with E-state index in [0.29, 0.717) is 19.0 Å². The number of urea groups is 1. The molecule has 0 saturated carbocycles. The molecule has 5 nitrogen and oxygen atoms in total. The number of likely N-dealkylation sites (tertiary alicyclic amines) is 2. The van der Waals surface area contributed by atoms with Gasteiger partial charge in [0.05, 0.1) is 0 Å². The first-order valence-electron chi connectivity index (χ1n) is 9.64. The van der Waals surface area contributed by atoms with Crippen molar-refractivity contribution in [2.75, 3.05) is 45.9 Å². The number of aliphatic hydroxyl groups is 1. The predicted octanol–water partition coefficient (Wildman–Crippen LogP) is 1.96. The van der Waals surface area contributed by atoms with Crippen molar-refractivity contribution < 1.29 is 9.90 Å². The maximum Gasteiger partial charge on any atom is 0.317 e. The van der Waals surface area contributed by atoms with Gasteiger partial charge >= 0.3 is 6.03 Å². The highest BCUT2D eigenvalue weighted by Crippen LogP contribution is 2.24. The van der Waals surface area contributed by atoms with Gasteiger partial charge in [-0.2, -0.15) is 0 Å². The van der Waals surface area contributed by atoms with Gasteiger partial charge in [-0.25, -0.2) is 4.79 Å². The van der Waals surface area contributed by atoms with Gasteiger partial charge < -0.3 is 20.2 Å². The Labute approximate surface area is 151 Å². The van der Waals surface area contributed by atoms with E-state index in [9.17, 15) is 9.90 Å². The lowest BCUT2D eigenvalue weighted by Crippen LogP contribution is -2.51. The quantitative estimate of drug-likeness (QED) is 0.829. The van der Waals surface area contributed by atoms with E-state index in [1.807, 2.05) is 23.1 Å². The average molecular weight is 345 g/mol. The fraction of sp³-hybridized carbons (Fsp3) is 0.650. The minimum atomic E-state index is 0.0144. The Morgan fingerprint density at radius 3 is 2.56 bits per heavy atom. The van der Waals surface area contributed by atoms with E-state index in [1.165, 1.54) is 31.5 Å². The molecule has 25 heavy (non-hydrogen) atoms. The summed E-state index contributed by atoms with van der Waals surface area (Å²) < 4.78 is 0. The lowest BCUT2D eigenvalue weighted by Gasteiger charge is -2.38. The molecule has 5 heteroatoms. The number of rotatable bonds is 6. The molecule has 0 unspecified atom stereocenters. The van der Waals surface area contributed by atoms with Crippen LogP contribution in [0.5, 0.6) is 0 Å². The molecular weight excluding hydrogens is 314 g/mol. The first-order chi connectivity index (χ1) is 12.2. The number of nitrogens with zero attached hydrogens (tertiary/aromatic N) is 2. The molecule has 2 fully saturated rings. The maximum atomic E-state index is 12.6. The van der Waals surface area contributed by atoms with Crippen LogP contribution in [0.4, 0.5) is 4.79 Å². The van der Waals surface area contributed by atoms with Crippen LogP contribution in [-0.4, -0.2) is 66.8 Å². The number of carbonyl (C=O) groups is 1. The van der Waals surface area contributed by atoms with E-state index in [4.69, 9.17) is 0 Å². The molecule has 2 saturated heterocycles. The van der Waals surface area contributed by atoms with Crippen molar-refractivity contribution in [1.29, 1.82) is 0 Å². The van der Waals surface area contributed by atoms with Crippen LogP contribution in [0.1, 0.15) is 24.8 Å². The van der Waals surface area contributed by atoms with E-state index in [0.717, 1.165) is 25.9 Å². The van der Waals surface area contributed by atoms with Crippen LogP contribution < -0.4 is 5.32 Å². The molecule has 1 aromatic rings. The standard InChI is InChI=1S/C20H31N3O2/c24-16-19-12-18(13-22-10-4-5-11-22)14-23(15-19)20(25)21-9-8-17-6-2-1-3-7-17/h1-3,6-7,18-19,24H,4-5,8-16H2,(H,21,25)/t18-,19+/m0/s1. The van der Waals surface area contributed by atoms with Crippen molar-refractivity contribution in [2.45, 2.75) is 25.7 Å². The fourth-order valence-corrected chi connectivity index (χ4v) is 4.15. The Morgan fingerprint density at radius 2 is 1.84 bits per heavy atom. The molecule has 2 heterocycles. The summed E-state index contributed by atoms with van der Waals surface area (Å²) in [6.45, 7) is 5.73. The summed E-state index contributed by atoms with van der Waals surface area (Å²) in [5.74, 6) is 0.685. The van der Waals surface area contributed by atoms with E-state index < -0.39 is 0 Å². The van der Waals surface area contributed by atoms with Crippen LogP contribution in [0, 0.1) is 11.8 Å². The largest absolute Gasteiger partial charge is 0.396 e. The Hall–Kier alpha value is -1.59. The molecule has 0 spiro atoms. The van der Waals surface area contributed by atoms with Gasteiger partial charge in [0.2, 0.25) is 0 Å². The number of benzene rings is 1. The third-order valence-corrected chi connectivity index (χ3v) is 5.42. The van der Waals surface area contributed by atoms with Gasteiger partial charge in [-0.3, -0.25) is 0 Å². The van der Waals surface area contributed by atoms with Gasteiger partial charge in [0.25, 0.3) is 0 Å². The van der Waals surface area contributed by atoms with Crippen molar-refractivity contribution in [3.8, 4) is 0 Å². The van der Waals surface area contributed by atoms with Crippen molar-refractivity contribution in [2.24, 2.45) is 11.8 Å². The molecule has 0 radical (unpaired) electrons. The summed E-state index contributed by atoms with van der Waals surface area (Å²) >= 11 is 0. The van der Waals surface area contributed by atoms with Crippen LogP contribution in [0.15, 0.2) is 30.3 Å². The topological polar surface area (TPSA) is 55.8 Å². The predicted molar refractivity (Wildman–Crippen MR) is 99.5 cm³/mol. The Morgan fingerprint density at radius 1 is 1.12 bits per heavy atom. The number of nitrogens with one attached hydrogen (secondary N) is 1. The first kappa shape index (κ1) is 18.2. The second-order valence-corrected chi connectivity index (χ2v) is 7.53. The molecule has 1 aromatic carbocycles. The smallest absolute Gasteiger partial charge is 0.317 e. The maximum absolute atomic E-state index is 12.6. The minimum Gasteiger partial charge on any atom is -0.396 e. The number of hydrogen-bond donors (Lipinski definition) is 2.